The Morgan fingerprint density at radius 2 is 1.93 bits per heavy atom. The average molecular weight is 398 g/mol. The average Bonchev–Trinajstić information content (AvgIpc) is 3.11. The molecule has 0 aliphatic heterocycles. The van der Waals surface area contributed by atoms with E-state index in [2.05, 4.69) is 4.98 Å². The van der Waals surface area contributed by atoms with Crippen LogP contribution >= 0.6 is 22.9 Å². The minimum atomic E-state index is -0.500. The van der Waals surface area contributed by atoms with Crippen LogP contribution in [0.1, 0.15) is 6.92 Å². The molecule has 0 aliphatic rings. The van der Waals surface area contributed by atoms with Crippen molar-refractivity contribution in [3.05, 3.63) is 69.4 Å². The van der Waals surface area contributed by atoms with Gasteiger partial charge in [0.25, 0.3) is 0 Å². The third kappa shape index (κ3) is 3.63. The van der Waals surface area contributed by atoms with Gasteiger partial charge in [-0.25, -0.2) is 9.78 Å². The van der Waals surface area contributed by atoms with E-state index in [1.165, 1.54) is 24.3 Å². The van der Waals surface area contributed by atoms with Gasteiger partial charge in [-0.05, 0) is 30.3 Å². The van der Waals surface area contributed by atoms with Gasteiger partial charge in [-0.2, -0.15) is 0 Å². The summed E-state index contributed by atoms with van der Waals surface area (Å²) >= 11 is 7.28. The summed E-state index contributed by atoms with van der Waals surface area (Å²) in [5.41, 5.74) is 1.90. The number of carbonyl (C=O) groups excluding carboxylic acids is 1. The van der Waals surface area contributed by atoms with Gasteiger partial charge in [0.2, 0.25) is 0 Å². The van der Waals surface area contributed by atoms with E-state index in [1.54, 1.807) is 30.3 Å². The number of hydrogen-bond donors (Lipinski definition) is 0. The minimum absolute atomic E-state index is 0.324. The Kier molecular flexibility index (Phi) is 4.51. The maximum Gasteiger partial charge on any atom is 0.346 e. The molecular formula is C20H12ClNO4S. The number of benzene rings is 2. The monoisotopic (exact) mass is 397 g/mol. The summed E-state index contributed by atoms with van der Waals surface area (Å²) in [6, 6.07) is 14.0. The summed E-state index contributed by atoms with van der Waals surface area (Å²) < 4.78 is 10.4. The number of aromatic nitrogens is 1. The summed E-state index contributed by atoms with van der Waals surface area (Å²) in [4.78, 5) is 28.0. The molecule has 4 rings (SSSR count). The number of esters is 1. The van der Waals surface area contributed by atoms with Crippen molar-refractivity contribution < 1.29 is 13.9 Å². The molecule has 0 fully saturated rings. The third-order valence-corrected chi connectivity index (χ3v) is 4.97. The lowest BCUT2D eigenvalue weighted by atomic mass is 10.1. The van der Waals surface area contributed by atoms with Crippen LogP contribution in [0.2, 0.25) is 5.02 Å². The van der Waals surface area contributed by atoms with Crippen molar-refractivity contribution in [3.8, 4) is 27.6 Å². The van der Waals surface area contributed by atoms with Crippen molar-refractivity contribution in [3.63, 3.8) is 0 Å². The van der Waals surface area contributed by atoms with Crippen molar-refractivity contribution in [2.75, 3.05) is 0 Å². The number of fused-ring (bicyclic) bond motifs is 1. The van der Waals surface area contributed by atoms with Crippen LogP contribution in [0.15, 0.2) is 63.1 Å². The van der Waals surface area contributed by atoms with E-state index in [-0.39, 0.29) is 0 Å². The molecule has 0 saturated carbocycles. The van der Waals surface area contributed by atoms with Gasteiger partial charge in [-0.3, -0.25) is 4.79 Å². The van der Waals surface area contributed by atoms with Gasteiger partial charge in [0.1, 0.15) is 16.3 Å². The fourth-order valence-corrected chi connectivity index (χ4v) is 3.58. The smallest absolute Gasteiger partial charge is 0.346 e. The van der Waals surface area contributed by atoms with Crippen molar-refractivity contribution in [1.29, 1.82) is 0 Å². The molecule has 0 atom stereocenters. The standard InChI is InChI=1S/C20H12ClNO4S/c1-11(23)25-15-7-4-13-8-16(20(24)26-18(13)9-15)19-22-17(10-27-19)12-2-5-14(21)6-3-12/h2-10H,1H3. The van der Waals surface area contributed by atoms with Crippen molar-refractivity contribution in [1.82, 2.24) is 4.98 Å². The highest BCUT2D eigenvalue weighted by Gasteiger charge is 2.13. The van der Waals surface area contributed by atoms with E-state index >= 15 is 0 Å². The molecule has 5 nitrogen and oxygen atoms in total. The number of rotatable bonds is 3. The van der Waals surface area contributed by atoms with Gasteiger partial charge in [-0.15, -0.1) is 11.3 Å². The van der Waals surface area contributed by atoms with Crippen LogP contribution < -0.4 is 10.4 Å². The highest BCUT2D eigenvalue weighted by atomic mass is 35.5. The quantitative estimate of drug-likeness (QED) is 0.271. The molecule has 27 heavy (non-hydrogen) atoms. The molecule has 0 saturated heterocycles. The zero-order chi connectivity index (χ0) is 19.0. The lowest BCUT2D eigenvalue weighted by molar-refractivity contribution is -0.131. The molecule has 2 aromatic heterocycles. The second-order valence-electron chi connectivity index (χ2n) is 5.79. The van der Waals surface area contributed by atoms with Gasteiger partial charge in [-0.1, -0.05) is 23.7 Å². The van der Waals surface area contributed by atoms with Crippen LogP contribution in [0.3, 0.4) is 0 Å². The molecule has 0 unspecified atom stereocenters. The lowest BCUT2D eigenvalue weighted by Gasteiger charge is -2.03. The first kappa shape index (κ1) is 17.5. The number of halogens is 1. The number of hydrogen-bond acceptors (Lipinski definition) is 6. The topological polar surface area (TPSA) is 69.4 Å². The first-order valence-electron chi connectivity index (χ1n) is 7.98. The summed E-state index contributed by atoms with van der Waals surface area (Å²) in [5.74, 6) is -0.115. The Balaban J connectivity index is 1.73. The molecule has 7 heteroatoms. The zero-order valence-electron chi connectivity index (χ0n) is 14.1. The summed E-state index contributed by atoms with van der Waals surface area (Å²) in [6.45, 7) is 1.31. The van der Waals surface area contributed by atoms with Crippen LogP contribution in [0.5, 0.6) is 5.75 Å². The molecule has 0 N–H and O–H groups in total. The number of thiazole rings is 1. The first-order chi connectivity index (χ1) is 13.0. The lowest BCUT2D eigenvalue weighted by Crippen LogP contribution is -2.04. The van der Waals surface area contributed by atoms with E-state index in [9.17, 15) is 9.59 Å². The zero-order valence-corrected chi connectivity index (χ0v) is 15.6. The SMILES string of the molecule is CC(=O)Oc1ccc2cc(-c3nc(-c4ccc(Cl)cc4)cs3)c(=O)oc2c1. The van der Waals surface area contributed by atoms with Crippen molar-refractivity contribution in [2.45, 2.75) is 6.92 Å². The third-order valence-electron chi connectivity index (χ3n) is 3.84. The maximum absolute atomic E-state index is 12.4. The Bertz CT molecular complexity index is 1210. The second kappa shape index (κ2) is 6.98. The largest absolute Gasteiger partial charge is 0.427 e. The summed E-state index contributed by atoms with van der Waals surface area (Å²) in [6.07, 6.45) is 0. The number of nitrogens with zero attached hydrogens (tertiary/aromatic N) is 1. The minimum Gasteiger partial charge on any atom is -0.427 e. The first-order valence-corrected chi connectivity index (χ1v) is 9.23. The molecule has 4 aromatic rings. The van der Waals surface area contributed by atoms with Crippen LogP contribution in [0, 0.1) is 0 Å². The normalized spacial score (nSPS) is 10.9. The molecule has 0 radical (unpaired) electrons. The van der Waals surface area contributed by atoms with Gasteiger partial charge >= 0.3 is 11.6 Å². The van der Waals surface area contributed by atoms with Crippen LogP contribution in [0.4, 0.5) is 0 Å². The Morgan fingerprint density at radius 1 is 1.15 bits per heavy atom. The van der Waals surface area contributed by atoms with Crippen molar-refractivity contribution >= 4 is 39.9 Å². The second-order valence-corrected chi connectivity index (χ2v) is 7.08. The Hall–Kier alpha value is -2.96. The highest BCUT2D eigenvalue weighted by molar-refractivity contribution is 7.13. The Morgan fingerprint density at radius 3 is 2.67 bits per heavy atom. The molecule has 2 aromatic carbocycles. The fourth-order valence-electron chi connectivity index (χ4n) is 2.62. The molecule has 0 aliphatic carbocycles. The van der Waals surface area contributed by atoms with Gasteiger partial charge in [0.05, 0.1) is 11.3 Å². The van der Waals surface area contributed by atoms with E-state index in [0.29, 0.717) is 32.3 Å². The summed E-state index contributed by atoms with van der Waals surface area (Å²) in [5, 5.41) is 3.81. The van der Waals surface area contributed by atoms with E-state index in [0.717, 1.165) is 11.3 Å². The molecular weight excluding hydrogens is 386 g/mol. The number of carbonyl (C=O) groups is 1. The van der Waals surface area contributed by atoms with Gasteiger partial charge < -0.3 is 9.15 Å². The molecule has 2 heterocycles. The molecule has 0 amide bonds. The fraction of sp³-hybridized carbons (Fsp3) is 0.0500. The van der Waals surface area contributed by atoms with E-state index in [1.807, 2.05) is 17.5 Å². The van der Waals surface area contributed by atoms with Crippen LogP contribution in [-0.4, -0.2) is 11.0 Å². The van der Waals surface area contributed by atoms with Gasteiger partial charge in [0.15, 0.2) is 0 Å². The van der Waals surface area contributed by atoms with Crippen molar-refractivity contribution in [2.24, 2.45) is 0 Å². The predicted octanol–water partition coefficient (Wildman–Crippen LogP) is 5.16. The molecule has 0 bridgehead atoms. The van der Waals surface area contributed by atoms with E-state index in [4.69, 9.17) is 20.8 Å². The number of ether oxygens (including phenoxy) is 1. The van der Waals surface area contributed by atoms with Gasteiger partial charge in [0, 0.05) is 34.3 Å². The van der Waals surface area contributed by atoms with Crippen LogP contribution in [-0.2, 0) is 4.79 Å². The Labute approximate surface area is 162 Å². The molecule has 134 valence electrons. The van der Waals surface area contributed by atoms with Crippen LogP contribution in [0.25, 0.3) is 32.8 Å². The predicted molar refractivity (Wildman–Crippen MR) is 105 cm³/mol. The summed E-state index contributed by atoms with van der Waals surface area (Å²) in [7, 11) is 0. The van der Waals surface area contributed by atoms with E-state index < -0.39 is 11.6 Å². The molecule has 0 spiro atoms. The highest BCUT2D eigenvalue weighted by Crippen LogP contribution is 2.30. The maximum atomic E-state index is 12.4.